The van der Waals surface area contributed by atoms with Crippen molar-refractivity contribution in [2.24, 2.45) is 4.99 Å². The first-order chi connectivity index (χ1) is 14.5. The van der Waals surface area contributed by atoms with Gasteiger partial charge in [-0.25, -0.2) is 9.79 Å². The predicted octanol–water partition coefficient (Wildman–Crippen LogP) is 5.28. The molecule has 0 aliphatic carbocycles. The van der Waals surface area contributed by atoms with E-state index in [4.69, 9.17) is 20.9 Å². The highest BCUT2D eigenvalue weighted by atomic mass is 16.5. The van der Waals surface area contributed by atoms with E-state index in [-0.39, 0.29) is 5.97 Å². The molecular weight excluding hydrogens is 376 g/mol. The van der Waals surface area contributed by atoms with Crippen LogP contribution in [-0.4, -0.2) is 25.1 Å². The number of rotatable bonds is 8. The second kappa shape index (κ2) is 11.4. The minimum absolute atomic E-state index is 0.386. The number of carbonyl (C=O) groups is 1. The van der Waals surface area contributed by atoms with E-state index in [1.165, 1.54) is 13.3 Å². The van der Waals surface area contributed by atoms with E-state index in [0.29, 0.717) is 22.6 Å². The van der Waals surface area contributed by atoms with Crippen LogP contribution >= 0.6 is 0 Å². The summed E-state index contributed by atoms with van der Waals surface area (Å²) in [6.45, 7) is 4.01. The molecule has 2 rings (SSSR count). The lowest BCUT2D eigenvalue weighted by atomic mass is 10.1. The molecule has 0 bridgehead atoms. The van der Waals surface area contributed by atoms with Crippen LogP contribution in [0.2, 0.25) is 0 Å². The number of hydrogen-bond donors (Lipinski definition) is 3. The zero-order valence-corrected chi connectivity index (χ0v) is 17.6. The quantitative estimate of drug-likeness (QED) is 0.241. The van der Waals surface area contributed by atoms with E-state index < -0.39 is 0 Å². The van der Waals surface area contributed by atoms with E-state index >= 15 is 0 Å². The molecule has 6 nitrogen and oxygen atoms in total. The Labute approximate surface area is 177 Å². The highest BCUT2D eigenvalue weighted by molar-refractivity contribution is 6.07. The van der Waals surface area contributed by atoms with Crippen LogP contribution in [0.4, 0.5) is 11.4 Å². The molecule has 30 heavy (non-hydrogen) atoms. The number of allylic oxidation sites excluding steroid dienone is 2. The van der Waals surface area contributed by atoms with Crippen molar-refractivity contribution in [3.05, 3.63) is 77.4 Å². The van der Waals surface area contributed by atoms with Gasteiger partial charge in [-0.3, -0.25) is 0 Å². The van der Waals surface area contributed by atoms with Crippen LogP contribution in [-0.2, 0) is 4.74 Å². The number of amidine groups is 1. The number of unbranched alkanes of at least 4 members (excludes halogenated alkanes) is 1. The lowest BCUT2D eigenvalue weighted by Crippen LogP contribution is -2.10. The van der Waals surface area contributed by atoms with E-state index in [0.717, 1.165) is 29.8 Å². The summed E-state index contributed by atoms with van der Waals surface area (Å²) >= 11 is 0. The van der Waals surface area contributed by atoms with E-state index in [1.54, 1.807) is 24.3 Å². The first-order valence-corrected chi connectivity index (χ1v) is 9.79. The summed E-state index contributed by atoms with van der Waals surface area (Å²) in [6, 6.07) is 12.6. The summed E-state index contributed by atoms with van der Waals surface area (Å²) < 4.78 is 4.84. The number of methoxy groups -OCH3 is 1. The Morgan fingerprint density at radius 3 is 2.67 bits per heavy atom. The third-order valence-electron chi connectivity index (χ3n) is 4.29. The number of nitrogen functional groups attached to an aromatic ring is 1. The van der Waals surface area contributed by atoms with Crippen LogP contribution < -0.4 is 11.1 Å². The van der Waals surface area contributed by atoms with Gasteiger partial charge in [0.05, 0.1) is 18.4 Å². The van der Waals surface area contributed by atoms with E-state index in [1.807, 2.05) is 43.4 Å². The summed E-state index contributed by atoms with van der Waals surface area (Å²) in [6.07, 6.45) is 8.85. The highest BCUT2D eigenvalue weighted by Gasteiger charge is 2.09. The van der Waals surface area contributed by atoms with Gasteiger partial charge in [-0.2, -0.15) is 0 Å². The first-order valence-electron chi connectivity index (χ1n) is 9.79. The third kappa shape index (κ3) is 6.17. The van der Waals surface area contributed by atoms with Crippen molar-refractivity contribution in [3.63, 3.8) is 0 Å². The minimum Gasteiger partial charge on any atom is -0.465 e. The Kier molecular flexibility index (Phi) is 8.56. The Morgan fingerprint density at radius 2 is 2.00 bits per heavy atom. The number of nitrogens with one attached hydrogen (secondary N) is 2. The van der Waals surface area contributed by atoms with Crippen molar-refractivity contribution in [1.29, 1.82) is 5.41 Å². The molecule has 156 valence electrons. The number of carbonyl (C=O) groups excluding carboxylic acids is 1. The number of nitrogens with two attached hydrogens (primary N) is 1. The second-order valence-electron chi connectivity index (χ2n) is 6.56. The number of aliphatic imine (C=N–C) groups is 1. The fraction of sp³-hybridized carbons (Fsp3) is 0.208. The maximum atomic E-state index is 11.9. The van der Waals surface area contributed by atoms with Gasteiger partial charge in [0, 0.05) is 28.7 Å². The number of anilines is 2. The summed E-state index contributed by atoms with van der Waals surface area (Å²) in [5.74, 6) is 0.243. The Morgan fingerprint density at radius 1 is 1.23 bits per heavy atom. The van der Waals surface area contributed by atoms with Gasteiger partial charge in [0.2, 0.25) is 0 Å². The topological polar surface area (TPSA) is 101 Å². The molecule has 2 aromatic rings. The van der Waals surface area contributed by atoms with Crippen molar-refractivity contribution in [2.75, 3.05) is 18.2 Å². The minimum atomic E-state index is -0.386. The zero-order valence-electron chi connectivity index (χ0n) is 17.6. The van der Waals surface area contributed by atoms with Gasteiger partial charge in [-0.15, -0.1) is 0 Å². The Hall–Kier alpha value is -3.67. The Bertz CT molecular complexity index is 990. The van der Waals surface area contributed by atoms with Crippen LogP contribution in [0.15, 0.2) is 65.7 Å². The molecule has 0 aliphatic rings. The molecule has 0 saturated heterocycles. The molecule has 0 fully saturated rings. The third-order valence-corrected chi connectivity index (χ3v) is 4.29. The molecule has 0 spiro atoms. The fourth-order valence-electron chi connectivity index (χ4n) is 2.75. The standard InChI is InChI=1S/C24H28N4O2/c1-4-6-11-22(17-9-7-10-18(14-17)24(29)30-3)28-23(8-5-2)27-20-12-13-21(26)19(15-20)16-25/h5,7-16,25H,4,6,26H2,1-3H3,(H,27,28)/b8-5-,22-11+,25-16?. The summed E-state index contributed by atoms with van der Waals surface area (Å²) in [4.78, 5) is 16.7. The number of esters is 1. The van der Waals surface area contributed by atoms with Gasteiger partial charge in [0.1, 0.15) is 5.84 Å². The average molecular weight is 405 g/mol. The van der Waals surface area contributed by atoms with Crippen molar-refractivity contribution < 1.29 is 9.53 Å². The zero-order chi connectivity index (χ0) is 21.9. The van der Waals surface area contributed by atoms with Crippen molar-refractivity contribution in [3.8, 4) is 0 Å². The van der Waals surface area contributed by atoms with Crippen LogP contribution in [0.5, 0.6) is 0 Å². The van der Waals surface area contributed by atoms with Crippen LogP contribution in [0.3, 0.4) is 0 Å². The van der Waals surface area contributed by atoms with Crippen molar-refractivity contribution in [2.45, 2.75) is 26.7 Å². The molecule has 0 saturated carbocycles. The molecule has 0 amide bonds. The normalized spacial score (nSPS) is 12.1. The number of ether oxygens (including phenoxy) is 1. The predicted molar refractivity (Wildman–Crippen MR) is 125 cm³/mol. The smallest absolute Gasteiger partial charge is 0.337 e. The van der Waals surface area contributed by atoms with Crippen molar-refractivity contribution >= 4 is 35.1 Å². The maximum Gasteiger partial charge on any atom is 0.337 e. The molecule has 6 heteroatoms. The summed E-state index contributed by atoms with van der Waals surface area (Å²) in [5.41, 5.74) is 9.89. The van der Waals surface area contributed by atoms with Gasteiger partial charge in [-0.1, -0.05) is 37.6 Å². The number of nitrogens with zero attached hydrogens (tertiary/aromatic N) is 1. The molecule has 0 aliphatic heterocycles. The van der Waals surface area contributed by atoms with Gasteiger partial charge in [0.15, 0.2) is 0 Å². The lowest BCUT2D eigenvalue weighted by molar-refractivity contribution is 0.0600. The van der Waals surface area contributed by atoms with Crippen LogP contribution in [0, 0.1) is 5.41 Å². The van der Waals surface area contributed by atoms with E-state index in [9.17, 15) is 4.79 Å². The second-order valence-corrected chi connectivity index (χ2v) is 6.56. The summed E-state index contributed by atoms with van der Waals surface area (Å²) in [5, 5.41) is 10.8. The van der Waals surface area contributed by atoms with Gasteiger partial charge in [-0.05, 0) is 49.8 Å². The molecule has 4 N–H and O–H groups in total. The van der Waals surface area contributed by atoms with E-state index in [2.05, 4.69) is 12.2 Å². The SMILES string of the molecule is C\C=C/C(=N\C(=C\CCC)c1cccc(C(=O)OC)c1)Nc1ccc(N)c(C=N)c1. The molecule has 0 aromatic heterocycles. The molecular formula is C24H28N4O2. The maximum absolute atomic E-state index is 11.9. The monoisotopic (exact) mass is 404 g/mol. The van der Waals surface area contributed by atoms with Crippen LogP contribution in [0.25, 0.3) is 5.70 Å². The fourth-order valence-corrected chi connectivity index (χ4v) is 2.75. The number of benzene rings is 2. The molecule has 0 unspecified atom stereocenters. The largest absolute Gasteiger partial charge is 0.465 e. The van der Waals surface area contributed by atoms with Crippen LogP contribution in [0.1, 0.15) is 48.2 Å². The summed E-state index contributed by atoms with van der Waals surface area (Å²) in [7, 11) is 1.37. The van der Waals surface area contributed by atoms with Gasteiger partial charge >= 0.3 is 5.97 Å². The average Bonchev–Trinajstić information content (AvgIpc) is 2.77. The molecule has 0 radical (unpaired) electrons. The van der Waals surface area contributed by atoms with Crippen molar-refractivity contribution in [1.82, 2.24) is 0 Å². The first kappa shape index (κ1) is 22.6. The highest BCUT2D eigenvalue weighted by Crippen LogP contribution is 2.21. The molecule has 2 aromatic carbocycles. The molecule has 0 heterocycles. The molecule has 0 atom stereocenters. The van der Waals surface area contributed by atoms with Gasteiger partial charge < -0.3 is 21.2 Å². The number of hydrogen-bond acceptors (Lipinski definition) is 5. The van der Waals surface area contributed by atoms with Gasteiger partial charge in [0.25, 0.3) is 0 Å². The lowest BCUT2D eigenvalue weighted by Gasteiger charge is -2.11. The Balaban J connectivity index is 2.46.